The zero-order valence-corrected chi connectivity index (χ0v) is 17.2. The zero-order valence-electron chi connectivity index (χ0n) is 17.2. The highest BCUT2D eigenvalue weighted by molar-refractivity contribution is 6.28. The van der Waals surface area contributed by atoms with E-state index in [4.69, 9.17) is 0 Å². The second-order valence-electron chi connectivity index (χ2n) is 6.17. The lowest BCUT2D eigenvalue weighted by Gasteiger charge is -2.00. The molecule has 0 radical (unpaired) electrons. The van der Waals surface area contributed by atoms with Gasteiger partial charge in [0.1, 0.15) is 24.0 Å². The van der Waals surface area contributed by atoms with Gasteiger partial charge in [0, 0.05) is 18.4 Å². The molecule has 2 heterocycles. The number of carbonyl (C=O) groups is 1. The Morgan fingerprint density at radius 3 is 2.54 bits per heavy atom. The summed E-state index contributed by atoms with van der Waals surface area (Å²) in [6.07, 6.45) is 10.3. The summed E-state index contributed by atoms with van der Waals surface area (Å²) >= 11 is 0. The predicted octanol–water partition coefficient (Wildman–Crippen LogP) is 5.72. The molecule has 0 unspecified atom stereocenters. The third kappa shape index (κ3) is 8.46. The quantitative estimate of drug-likeness (QED) is 0.464. The molecule has 0 atom stereocenters. The smallest absolute Gasteiger partial charge is 0.167 e. The van der Waals surface area contributed by atoms with E-state index < -0.39 is 0 Å². The molecule has 6 heteroatoms. The molecule has 0 fully saturated rings. The van der Waals surface area contributed by atoms with E-state index in [2.05, 4.69) is 26.9 Å². The third-order valence-corrected chi connectivity index (χ3v) is 4.08. The van der Waals surface area contributed by atoms with Gasteiger partial charge in [-0.1, -0.05) is 63.7 Å². The van der Waals surface area contributed by atoms with Gasteiger partial charge in [-0.2, -0.15) is 0 Å². The summed E-state index contributed by atoms with van der Waals surface area (Å²) in [6.45, 7) is 6.78. The van der Waals surface area contributed by atoms with Gasteiger partial charge in [0.15, 0.2) is 6.29 Å². The van der Waals surface area contributed by atoms with E-state index in [1.807, 2.05) is 19.9 Å². The first-order valence-corrected chi connectivity index (χ1v) is 10.2. The highest BCUT2D eigenvalue weighted by Crippen LogP contribution is 2.20. The van der Waals surface area contributed by atoms with E-state index >= 15 is 0 Å². The van der Waals surface area contributed by atoms with Crippen LogP contribution in [0.15, 0.2) is 35.6 Å². The number of carbonyl (C=O) groups excluding carboxylic acids is 1. The maximum Gasteiger partial charge on any atom is 0.167 e. The molecule has 1 aliphatic heterocycles. The Balaban J connectivity index is 0.000000363. The minimum Gasteiger partial charge on any atom is -0.395 e. The van der Waals surface area contributed by atoms with Crippen LogP contribution in [0.2, 0.25) is 0 Å². The fraction of sp³-hybridized carbons (Fsp3) is 0.500. The van der Waals surface area contributed by atoms with Gasteiger partial charge in [0.2, 0.25) is 0 Å². The fourth-order valence-electron chi connectivity index (χ4n) is 2.61. The molecule has 1 N–H and O–H groups in total. The molecular formula is C22H32FN3O2. The lowest BCUT2D eigenvalue weighted by atomic mass is 10.1. The number of oxime groups is 1. The van der Waals surface area contributed by atoms with Crippen molar-refractivity contribution in [3.8, 4) is 11.3 Å². The number of hydrogen-bond acceptors (Lipinski definition) is 4. The first kappa shape index (κ1) is 23.5. The number of halogens is 1. The van der Waals surface area contributed by atoms with Crippen LogP contribution >= 0.6 is 0 Å². The number of H-pyrrole nitrogens is 1. The van der Waals surface area contributed by atoms with Crippen LogP contribution in [0, 0.1) is 5.82 Å². The molecule has 3 rings (SSSR count). The number of nitrogens with zero attached hydrogens (tertiary/aromatic N) is 2. The molecule has 0 spiro atoms. The average molecular weight is 390 g/mol. The minimum absolute atomic E-state index is 0.208. The van der Waals surface area contributed by atoms with Crippen LogP contribution < -0.4 is 0 Å². The van der Waals surface area contributed by atoms with Gasteiger partial charge in [-0.3, -0.25) is 4.79 Å². The number of benzene rings is 1. The summed E-state index contributed by atoms with van der Waals surface area (Å²) in [7, 11) is 0. The second kappa shape index (κ2) is 14.5. The monoisotopic (exact) mass is 389 g/mol. The minimum atomic E-state index is -0.208. The van der Waals surface area contributed by atoms with E-state index in [-0.39, 0.29) is 5.82 Å². The van der Waals surface area contributed by atoms with Gasteiger partial charge in [0.05, 0.1) is 11.9 Å². The maximum absolute atomic E-state index is 13.6. The molecule has 0 saturated carbocycles. The molecule has 2 aromatic rings. The Labute approximate surface area is 167 Å². The summed E-state index contributed by atoms with van der Waals surface area (Å²) in [5, 5.41) is 3.40. The summed E-state index contributed by atoms with van der Waals surface area (Å²) in [4.78, 5) is 21.8. The zero-order chi connectivity index (χ0) is 20.6. The van der Waals surface area contributed by atoms with Crippen LogP contribution in [0.1, 0.15) is 65.1 Å². The van der Waals surface area contributed by atoms with Crippen molar-refractivity contribution in [1.29, 1.82) is 0 Å². The maximum atomic E-state index is 13.6. The van der Waals surface area contributed by atoms with Crippen molar-refractivity contribution in [1.82, 2.24) is 9.97 Å². The van der Waals surface area contributed by atoms with Crippen molar-refractivity contribution in [2.45, 2.75) is 65.7 Å². The van der Waals surface area contributed by atoms with E-state index in [0.717, 1.165) is 24.4 Å². The number of aldehydes is 1. The molecule has 0 saturated heterocycles. The molecule has 28 heavy (non-hydrogen) atoms. The Morgan fingerprint density at radius 1 is 1.18 bits per heavy atom. The Bertz CT molecular complexity index is 713. The summed E-state index contributed by atoms with van der Waals surface area (Å²) in [5.74, 6) is 0.746. The molecule has 1 aromatic carbocycles. The van der Waals surface area contributed by atoms with Crippen molar-refractivity contribution in [2.75, 3.05) is 6.61 Å². The predicted molar refractivity (Wildman–Crippen MR) is 112 cm³/mol. The van der Waals surface area contributed by atoms with Crippen molar-refractivity contribution in [2.24, 2.45) is 5.16 Å². The molecule has 0 bridgehead atoms. The Morgan fingerprint density at radius 2 is 1.93 bits per heavy atom. The first-order valence-electron chi connectivity index (χ1n) is 10.2. The molecule has 0 aliphatic carbocycles. The van der Waals surface area contributed by atoms with Gasteiger partial charge in [0.25, 0.3) is 0 Å². The molecule has 5 nitrogen and oxygen atoms in total. The van der Waals surface area contributed by atoms with Crippen molar-refractivity contribution in [3.63, 3.8) is 0 Å². The Hall–Kier alpha value is -2.50. The summed E-state index contributed by atoms with van der Waals surface area (Å²) in [5.41, 5.74) is 1.87. The number of imidazole rings is 1. The second-order valence-corrected chi connectivity index (χ2v) is 6.17. The SMILES string of the molecule is CC.CCCCCCCc1ncc(-c2ccccc2F)[nH]1.O=CC1=NOCC1. The number of aryl methyl sites for hydroxylation is 1. The standard InChI is InChI=1S/C16H21FN2.C4H5NO2.C2H6/c1-2-3-4-5-6-11-16-18-12-15(19-16)13-9-7-8-10-14(13)17;6-3-4-1-2-7-5-4;1-2/h7-10,12H,2-6,11H2,1H3,(H,18,19);3H,1-2H2;1-2H3. The van der Waals surface area contributed by atoms with Crippen LogP contribution in [-0.2, 0) is 16.1 Å². The fourth-order valence-corrected chi connectivity index (χ4v) is 2.61. The van der Waals surface area contributed by atoms with Crippen molar-refractivity contribution < 1.29 is 14.0 Å². The first-order chi connectivity index (χ1) is 13.7. The molecule has 154 valence electrons. The average Bonchev–Trinajstić information content (AvgIpc) is 3.42. The van der Waals surface area contributed by atoms with Crippen molar-refractivity contribution in [3.05, 3.63) is 42.1 Å². The highest BCUT2D eigenvalue weighted by Gasteiger charge is 2.07. The third-order valence-electron chi connectivity index (χ3n) is 4.08. The van der Waals surface area contributed by atoms with Crippen LogP contribution in [0.25, 0.3) is 11.3 Å². The molecule has 0 amide bonds. The van der Waals surface area contributed by atoms with Crippen LogP contribution in [-0.4, -0.2) is 28.6 Å². The summed E-state index contributed by atoms with van der Waals surface area (Å²) < 4.78 is 13.6. The van der Waals surface area contributed by atoms with Gasteiger partial charge < -0.3 is 9.82 Å². The molecule has 1 aromatic heterocycles. The lowest BCUT2D eigenvalue weighted by Crippen LogP contribution is -1.92. The Kier molecular flexibility index (Phi) is 12.2. The summed E-state index contributed by atoms with van der Waals surface area (Å²) in [6, 6.07) is 6.78. The van der Waals surface area contributed by atoms with E-state index in [9.17, 15) is 9.18 Å². The highest BCUT2D eigenvalue weighted by atomic mass is 19.1. The number of hydrogen-bond donors (Lipinski definition) is 1. The van der Waals surface area contributed by atoms with Gasteiger partial charge in [-0.15, -0.1) is 0 Å². The lowest BCUT2D eigenvalue weighted by molar-refractivity contribution is -0.102. The molecular weight excluding hydrogens is 357 g/mol. The largest absolute Gasteiger partial charge is 0.395 e. The topological polar surface area (TPSA) is 67.3 Å². The van der Waals surface area contributed by atoms with Crippen molar-refractivity contribution >= 4 is 12.0 Å². The number of nitrogens with one attached hydrogen (secondary N) is 1. The van der Waals surface area contributed by atoms with E-state index in [1.54, 1.807) is 18.3 Å². The van der Waals surface area contributed by atoms with Crippen LogP contribution in [0.5, 0.6) is 0 Å². The van der Waals surface area contributed by atoms with Gasteiger partial charge >= 0.3 is 0 Å². The number of aromatic amines is 1. The van der Waals surface area contributed by atoms with Gasteiger partial charge in [-0.25, -0.2) is 9.37 Å². The number of unbranched alkanes of at least 4 members (excludes halogenated alkanes) is 4. The molecule has 1 aliphatic rings. The van der Waals surface area contributed by atoms with Gasteiger partial charge in [-0.05, 0) is 18.6 Å². The van der Waals surface area contributed by atoms with Crippen LogP contribution in [0.4, 0.5) is 4.39 Å². The van der Waals surface area contributed by atoms with Crippen LogP contribution in [0.3, 0.4) is 0 Å². The number of aromatic nitrogens is 2. The van der Waals surface area contributed by atoms with E-state index in [1.165, 1.54) is 31.7 Å². The normalized spacial score (nSPS) is 12.1. The van der Waals surface area contributed by atoms with E-state index in [0.29, 0.717) is 30.6 Å². The number of rotatable bonds is 8.